The van der Waals surface area contributed by atoms with Gasteiger partial charge in [-0.15, -0.1) is 0 Å². The Hall–Kier alpha value is -6.01. The molecule has 8 rings (SSSR count). The van der Waals surface area contributed by atoms with Crippen molar-refractivity contribution in [1.82, 2.24) is 0 Å². The molecule has 0 bridgehead atoms. The quantitative estimate of drug-likeness (QED) is 0.161. The molecule has 1 nitrogen and oxygen atoms in total. The van der Waals surface area contributed by atoms with Crippen LogP contribution in [0.1, 0.15) is 0 Å². The topological polar surface area (TPSA) is 20.2 Å². The molecule has 2 heteroatoms. The lowest BCUT2D eigenvalue weighted by atomic mass is 9.84. The fourth-order valence-electron chi connectivity index (χ4n) is 7.39. The minimum absolute atomic E-state index is 0.274. The summed E-state index contributed by atoms with van der Waals surface area (Å²) >= 11 is 0. The van der Waals surface area contributed by atoms with Gasteiger partial charge in [0.2, 0.25) is 0 Å². The summed E-state index contributed by atoms with van der Waals surface area (Å²) in [5, 5.41) is 17.9. The van der Waals surface area contributed by atoms with Crippen molar-refractivity contribution in [2.24, 2.45) is 0 Å². The summed E-state index contributed by atoms with van der Waals surface area (Å²) in [5.74, 6) is 0.274. The van der Waals surface area contributed by atoms with E-state index in [0.29, 0.717) is 0 Å². The van der Waals surface area contributed by atoms with E-state index in [-0.39, 0.29) is 5.75 Å². The maximum atomic E-state index is 13.0. The second-order valence-electron chi connectivity index (χ2n) is 12.3. The van der Waals surface area contributed by atoms with E-state index in [1.54, 1.807) is 0 Å². The molecule has 0 amide bonds. The Balaban J connectivity index is 1.74. The van der Waals surface area contributed by atoms with Crippen molar-refractivity contribution < 1.29 is 5.11 Å². The Morgan fingerprint density at radius 1 is 0.260 bits per heavy atom. The summed E-state index contributed by atoms with van der Waals surface area (Å²) < 4.78 is 0. The van der Waals surface area contributed by atoms with Gasteiger partial charge in [-0.05, 0) is 58.7 Å². The first kappa shape index (κ1) is 31.3. The third-order valence-electron chi connectivity index (χ3n) is 9.46. The van der Waals surface area contributed by atoms with Crippen LogP contribution in [0, 0.1) is 0 Å². The average molecular weight is 660 g/mol. The van der Waals surface area contributed by atoms with Crippen LogP contribution in [0.3, 0.4) is 0 Å². The van der Waals surface area contributed by atoms with E-state index in [2.05, 4.69) is 200 Å². The third kappa shape index (κ3) is 5.43. The maximum absolute atomic E-state index is 13.0. The van der Waals surface area contributed by atoms with Crippen LogP contribution in [-0.4, -0.2) is 5.11 Å². The molecule has 0 aromatic heterocycles. The fraction of sp³-hybridized carbons (Fsp3) is 0. The second-order valence-corrected chi connectivity index (χ2v) is 15.7. The minimum atomic E-state index is -2.74. The van der Waals surface area contributed by atoms with Gasteiger partial charge in [-0.2, -0.15) is 0 Å². The fourth-order valence-corrected chi connectivity index (χ4v) is 12.1. The molecule has 0 saturated heterocycles. The second kappa shape index (κ2) is 13.8. The van der Waals surface area contributed by atoms with Crippen molar-refractivity contribution in [1.29, 1.82) is 0 Å². The molecule has 0 heterocycles. The van der Waals surface area contributed by atoms with E-state index >= 15 is 0 Å². The van der Waals surface area contributed by atoms with E-state index in [4.69, 9.17) is 0 Å². The Bertz CT molecular complexity index is 2120. The number of hydrogen-bond acceptors (Lipinski definition) is 1. The average Bonchev–Trinajstić information content (AvgIpc) is 3.21. The molecule has 0 spiro atoms. The van der Waals surface area contributed by atoms with E-state index in [9.17, 15) is 5.11 Å². The smallest absolute Gasteiger partial charge is 0.145 e. The number of benzene rings is 8. The van der Waals surface area contributed by atoms with Crippen molar-refractivity contribution >= 4 is 28.5 Å². The van der Waals surface area contributed by atoms with Gasteiger partial charge in [0.25, 0.3) is 0 Å². The first-order chi connectivity index (χ1) is 24.8. The summed E-state index contributed by atoms with van der Waals surface area (Å²) in [5.41, 5.74) is 7.79. The van der Waals surface area contributed by atoms with E-state index < -0.39 is 7.26 Å². The van der Waals surface area contributed by atoms with Crippen molar-refractivity contribution in [2.45, 2.75) is 0 Å². The molecule has 0 saturated carbocycles. The van der Waals surface area contributed by atoms with Crippen molar-refractivity contribution in [3.05, 3.63) is 212 Å². The highest BCUT2D eigenvalue weighted by Crippen LogP contribution is 2.62. The molecule has 0 fully saturated rings. The van der Waals surface area contributed by atoms with E-state index in [0.717, 1.165) is 44.5 Å². The van der Waals surface area contributed by atoms with Gasteiger partial charge in [0, 0.05) is 22.3 Å². The Kier molecular flexibility index (Phi) is 8.66. The lowest BCUT2D eigenvalue weighted by Gasteiger charge is -2.34. The van der Waals surface area contributed by atoms with Gasteiger partial charge >= 0.3 is 0 Å². The van der Waals surface area contributed by atoms with Gasteiger partial charge in [0.1, 0.15) is 34.2 Å². The zero-order valence-corrected chi connectivity index (χ0v) is 28.5. The summed E-state index contributed by atoms with van der Waals surface area (Å²) in [4.78, 5) is 0. The van der Waals surface area contributed by atoms with E-state index in [1.165, 1.54) is 21.2 Å². The highest BCUT2D eigenvalue weighted by atomic mass is 31.2. The van der Waals surface area contributed by atoms with Crippen LogP contribution in [-0.2, 0) is 0 Å². The molecule has 0 radical (unpaired) electrons. The normalized spacial score (nSPS) is 11.3. The first-order valence-electron chi connectivity index (χ1n) is 17.0. The van der Waals surface area contributed by atoms with Crippen molar-refractivity contribution in [2.75, 3.05) is 0 Å². The summed E-state index contributed by atoms with van der Waals surface area (Å²) in [6, 6.07) is 75.2. The SMILES string of the molecule is Oc1c(-c2ccccc2)c(-c2ccccc2)c([P+](c2ccccc2)(c2ccccc2)c2ccccc2)c(-c2ccccc2)c1-c1ccccc1. The standard InChI is InChI=1S/C48H35OP/c49-47-43(36-22-8-1-9-23-36)45(38-26-12-3-13-27-38)48(46(39-28-14-4-15-29-39)44(47)37-24-10-2-11-25-37)50(40-30-16-5-17-31-40,41-32-18-6-19-33-41)42-34-20-7-21-35-42/h1-35H/p+1. The largest absolute Gasteiger partial charge is 0.507 e. The maximum Gasteiger partial charge on any atom is 0.145 e. The monoisotopic (exact) mass is 659 g/mol. The molecule has 8 aromatic carbocycles. The third-order valence-corrected chi connectivity index (χ3v) is 13.8. The van der Waals surface area contributed by atoms with Gasteiger partial charge in [-0.3, -0.25) is 0 Å². The molecule has 0 atom stereocenters. The van der Waals surface area contributed by atoms with Crippen molar-refractivity contribution in [3.63, 3.8) is 0 Å². The van der Waals surface area contributed by atoms with Crippen LogP contribution in [0.4, 0.5) is 0 Å². The molecule has 1 N–H and O–H groups in total. The summed E-state index contributed by atoms with van der Waals surface area (Å²) in [7, 11) is -2.74. The van der Waals surface area contributed by atoms with Gasteiger partial charge in [0.15, 0.2) is 0 Å². The number of aromatic hydroxyl groups is 1. The summed E-state index contributed by atoms with van der Waals surface area (Å²) in [6.07, 6.45) is 0. The number of hydrogen-bond donors (Lipinski definition) is 1. The molecule has 0 unspecified atom stereocenters. The zero-order valence-electron chi connectivity index (χ0n) is 27.6. The number of phenols is 1. The van der Waals surface area contributed by atoms with E-state index in [1.807, 2.05) is 12.1 Å². The van der Waals surface area contributed by atoms with Gasteiger partial charge < -0.3 is 5.11 Å². The highest BCUT2D eigenvalue weighted by molar-refractivity contribution is 8.02. The highest BCUT2D eigenvalue weighted by Gasteiger charge is 2.52. The lowest BCUT2D eigenvalue weighted by molar-refractivity contribution is 0.480. The van der Waals surface area contributed by atoms with Gasteiger partial charge in [0.05, 0.1) is 0 Å². The Labute approximate surface area is 295 Å². The van der Waals surface area contributed by atoms with Crippen LogP contribution in [0.5, 0.6) is 5.75 Å². The summed E-state index contributed by atoms with van der Waals surface area (Å²) in [6.45, 7) is 0. The molecule has 50 heavy (non-hydrogen) atoms. The van der Waals surface area contributed by atoms with Crippen LogP contribution in [0.2, 0.25) is 0 Å². The molecule has 8 aromatic rings. The Morgan fingerprint density at radius 3 is 0.740 bits per heavy atom. The number of rotatable bonds is 8. The van der Waals surface area contributed by atoms with Crippen LogP contribution in [0.15, 0.2) is 212 Å². The lowest BCUT2D eigenvalue weighted by Crippen LogP contribution is -2.40. The molecular formula is C48H36OP+. The van der Waals surface area contributed by atoms with Crippen LogP contribution in [0.25, 0.3) is 44.5 Å². The zero-order chi connectivity index (χ0) is 33.8. The Morgan fingerprint density at radius 2 is 0.480 bits per heavy atom. The minimum Gasteiger partial charge on any atom is -0.507 e. The first-order valence-corrected chi connectivity index (χ1v) is 18.8. The molecular weight excluding hydrogens is 624 g/mol. The molecule has 0 aliphatic rings. The van der Waals surface area contributed by atoms with Crippen molar-refractivity contribution in [3.8, 4) is 50.3 Å². The predicted molar refractivity (Wildman–Crippen MR) is 215 cm³/mol. The van der Waals surface area contributed by atoms with Gasteiger partial charge in [-0.1, -0.05) is 176 Å². The molecule has 238 valence electrons. The van der Waals surface area contributed by atoms with Crippen LogP contribution < -0.4 is 21.2 Å². The van der Waals surface area contributed by atoms with Crippen LogP contribution >= 0.6 is 7.26 Å². The molecule has 0 aliphatic carbocycles. The number of phenolic OH excluding ortho intramolecular Hbond substituents is 1. The molecule has 0 aliphatic heterocycles. The predicted octanol–water partition coefficient (Wildman–Crippen LogP) is 10.7. The van der Waals surface area contributed by atoms with Gasteiger partial charge in [-0.25, -0.2) is 0 Å².